The summed E-state index contributed by atoms with van der Waals surface area (Å²) >= 11 is 0. The lowest BCUT2D eigenvalue weighted by atomic mass is 9.84. The number of anilines is 2. The first-order valence-electron chi connectivity index (χ1n) is 15.2. The van der Waals surface area contributed by atoms with E-state index in [4.69, 9.17) is 5.73 Å². The number of primary amides is 1. The molecule has 258 valence electrons. The van der Waals surface area contributed by atoms with Crippen LogP contribution in [0, 0.1) is 11.6 Å². The number of carboxylic acid groups (broad SMARTS) is 1. The first kappa shape index (κ1) is 33.8. The maximum Gasteiger partial charge on any atom is 0.337 e. The number of likely N-dealkylation sites (N-methyl/N-ethyl adjacent to an activating group) is 1. The lowest BCUT2D eigenvalue weighted by Crippen LogP contribution is -2.45. The Hall–Kier alpha value is -5.13. The van der Waals surface area contributed by atoms with Gasteiger partial charge in [0.2, 0.25) is 15.9 Å². The standard InChI is InChI=1S/C32H34F2N8O6S/c1-32(2)17-42(49(47,48)21-11-19(33)10-20(34)12-21)16-24-27(32)37-38-29(24)36-30(44)23-14-26(41-5-4-18(15-41)31(45)46)25(13-22(23)28(35)43)40-8-6-39(3)7-9-40/h4-5,10-15H,6-9,16-17H2,1-3H3,(H2,35,43)(H,45,46)(H2,36,37,38,44). The smallest absolute Gasteiger partial charge is 0.337 e. The number of amides is 2. The number of hydrogen-bond donors (Lipinski definition) is 4. The Morgan fingerprint density at radius 2 is 1.65 bits per heavy atom. The first-order valence-corrected chi connectivity index (χ1v) is 16.7. The number of halogens is 2. The minimum atomic E-state index is -4.39. The molecule has 1 fully saturated rings. The molecule has 2 amide bonds. The van der Waals surface area contributed by atoms with E-state index in [1.165, 1.54) is 30.6 Å². The quantitative estimate of drug-likeness (QED) is 0.215. The maximum absolute atomic E-state index is 14.0. The van der Waals surface area contributed by atoms with Crippen molar-refractivity contribution in [2.24, 2.45) is 5.73 Å². The van der Waals surface area contributed by atoms with Crippen LogP contribution in [0.5, 0.6) is 0 Å². The van der Waals surface area contributed by atoms with Crippen LogP contribution in [0.3, 0.4) is 0 Å². The number of fused-ring (bicyclic) bond motifs is 1. The van der Waals surface area contributed by atoms with Crippen molar-refractivity contribution in [2.75, 3.05) is 50.0 Å². The molecule has 0 unspecified atom stereocenters. The Balaban J connectivity index is 1.39. The number of aromatic nitrogens is 3. The average Bonchev–Trinajstić information content (AvgIpc) is 3.69. The second kappa shape index (κ2) is 12.4. The number of nitrogens with zero attached hydrogens (tertiary/aromatic N) is 5. The van der Waals surface area contributed by atoms with Gasteiger partial charge in [0.05, 0.1) is 33.0 Å². The number of aromatic carboxylic acids is 1. The fourth-order valence-electron chi connectivity index (χ4n) is 6.25. The van der Waals surface area contributed by atoms with Crippen LogP contribution in [0.2, 0.25) is 0 Å². The molecule has 2 aromatic carbocycles. The largest absolute Gasteiger partial charge is 0.478 e. The lowest BCUT2D eigenvalue weighted by molar-refractivity contribution is 0.0696. The zero-order chi connectivity index (χ0) is 35.4. The fraction of sp³-hybridized carbons (Fsp3) is 0.312. The van der Waals surface area contributed by atoms with E-state index in [9.17, 15) is 36.7 Å². The Kier molecular flexibility index (Phi) is 8.54. The molecule has 49 heavy (non-hydrogen) atoms. The van der Waals surface area contributed by atoms with Crippen LogP contribution < -0.4 is 16.0 Å². The summed E-state index contributed by atoms with van der Waals surface area (Å²) in [6, 6.07) is 6.41. The van der Waals surface area contributed by atoms with Gasteiger partial charge in [0.15, 0.2) is 5.82 Å². The number of rotatable bonds is 8. The van der Waals surface area contributed by atoms with E-state index < -0.39 is 49.8 Å². The second-order valence-electron chi connectivity index (χ2n) is 12.8. The lowest BCUT2D eigenvalue weighted by Gasteiger charge is -2.37. The first-order chi connectivity index (χ1) is 23.0. The number of carbonyl (C=O) groups excluding carboxylic acids is 2. The monoisotopic (exact) mass is 696 g/mol. The van der Waals surface area contributed by atoms with Crippen LogP contribution in [-0.4, -0.2) is 95.0 Å². The molecule has 1 saturated heterocycles. The molecule has 0 aliphatic carbocycles. The predicted octanol–water partition coefficient (Wildman–Crippen LogP) is 2.76. The summed E-state index contributed by atoms with van der Waals surface area (Å²) in [4.78, 5) is 42.1. The van der Waals surface area contributed by atoms with Crippen molar-refractivity contribution in [3.63, 3.8) is 0 Å². The van der Waals surface area contributed by atoms with Gasteiger partial charge in [-0.2, -0.15) is 9.40 Å². The number of H-pyrrole nitrogens is 1. The summed E-state index contributed by atoms with van der Waals surface area (Å²) in [6.07, 6.45) is 2.93. The van der Waals surface area contributed by atoms with Crippen molar-refractivity contribution >= 4 is 39.3 Å². The number of hydrogen-bond acceptors (Lipinski definition) is 8. The van der Waals surface area contributed by atoms with Gasteiger partial charge < -0.3 is 30.5 Å². The minimum Gasteiger partial charge on any atom is -0.478 e. The molecule has 2 aromatic heterocycles. The number of carbonyl (C=O) groups is 3. The number of nitrogens with one attached hydrogen (secondary N) is 2. The number of sulfonamides is 1. The highest BCUT2D eigenvalue weighted by atomic mass is 32.2. The van der Waals surface area contributed by atoms with Gasteiger partial charge in [-0.25, -0.2) is 22.0 Å². The summed E-state index contributed by atoms with van der Waals surface area (Å²) in [5.74, 6) is -4.92. The van der Waals surface area contributed by atoms with Crippen LogP contribution in [0.4, 0.5) is 20.3 Å². The molecule has 0 bridgehead atoms. The molecule has 0 spiro atoms. The van der Waals surface area contributed by atoms with E-state index in [1.807, 2.05) is 11.9 Å². The number of benzene rings is 2. The highest BCUT2D eigenvalue weighted by Gasteiger charge is 2.41. The van der Waals surface area contributed by atoms with Gasteiger partial charge in [0, 0.05) is 74.4 Å². The van der Waals surface area contributed by atoms with Crippen LogP contribution in [0.25, 0.3) is 5.69 Å². The van der Waals surface area contributed by atoms with Crippen molar-refractivity contribution in [1.29, 1.82) is 0 Å². The third-order valence-electron chi connectivity index (χ3n) is 8.84. The Morgan fingerprint density at radius 3 is 2.27 bits per heavy atom. The van der Waals surface area contributed by atoms with E-state index >= 15 is 0 Å². The normalized spacial score (nSPS) is 16.7. The third-order valence-corrected chi connectivity index (χ3v) is 10.6. The number of carboxylic acids is 1. The molecule has 0 saturated carbocycles. The average molecular weight is 697 g/mol. The number of piperazine rings is 1. The SMILES string of the molecule is CN1CCN(c2cc(C(N)=O)c(C(=O)Nc3n[nH]c4c3CN(S(=O)(=O)c3cc(F)cc(F)c3)CC4(C)C)cc2-n2ccc(C(=O)O)c2)CC1. The van der Waals surface area contributed by atoms with Crippen LogP contribution in [0.15, 0.2) is 53.7 Å². The Morgan fingerprint density at radius 1 is 1.00 bits per heavy atom. The van der Waals surface area contributed by atoms with Crippen molar-refractivity contribution < 1.29 is 36.7 Å². The summed E-state index contributed by atoms with van der Waals surface area (Å²) < 4.78 is 57.7. The van der Waals surface area contributed by atoms with Gasteiger partial charge in [0.1, 0.15) is 11.6 Å². The topological polar surface area (TPSA) is 187 Å². The van der Waals surface area contributed by atoms with Gasteiger partial charge >= 0.3 is 5.97 Å². The molecule has 4 heterocycles. The maximum atomic E-state index is 14.0. The molecule has 2 aliphatic heterocycles. The fourth-order valence-corrected chi connectivity index (χ4v) is 7.87. The summed E-state index contributed by atoms with van der Waals surface area (Å²) in [6.45, 7) is 5.79. The summed E-state index contributed by atoms with van der Waals surface area (Å²) in [5.41, 5.74) is 6.56. The van der Waals surface area contributed by atoms with Crippen molar-refractivity contribution in [1.82, 2.24) is 24.0 Å². The Bertz CT molecular complexity index is 2080. The van der Waals surface area contributed by atoms with Gasteiger partial charge in [-0.1, -0.05) is 13.8 Å². The zero-order valence-electron chi connectivity index (χ0n) is 26.8. The molecule has 17 heteroatoms. The molecular formula is C32H34F2N8O6S. The zero-order valence-corrected chi connectivity index (χ0v) is 27.6. The van der Waals surface area contributed by atoms with Crippen molar-refractivity contribution in [3.8, 4) is 5.69 Å². The highest BCUT2D eigenvalue weighted by Crippen LogP contribution is 2.38. The summed E-state index contributed by atoms with van der Waals surface area (Å²) in [5, 5.41) is 19.4. The van der Waals surface area contributed by atoms with Gasteiger partial charge in [-0.15, -0.1) is 0 Å². The van der Waals surface area contributed by atoms with Crippen molar-refractivity contribution in [2.45, 2.75) is 30.7 Å². The van der Waals surface area contributed by atoms with E-state index in [0.717, 1.165) is 29.5 Å². The molecule has 6 rings (SSSR count). The highest BCUT2D eigenvalue weighted by molar-refractivity contribution is 7.89. The van der Waals surface area contributed by atoms with Gasteiger partial charge in [-0.3, -0.25) is 14.7 Å². The molecule has 14 nitrogen and oxygen atoms in total. The van der Waals surface area contributed by atoms with Gasteiger partial charge in [0.25, 0.3) is 5.91 Å². The van der Waals surface area contributed by atoms with Gasteiger partial charge in [-0.05, 0) is 37.4 Å². The minimum absolute atomic E-state index is 0.0144. The number of nitrogens with two attached hydrogens (primary N) is 1. The molecule has 4 aromatic rings. The third kappa shape index (κ3) is 6.39. The molecule has 5 N–H and O–H groups in total. The molecular weight excluding hydrogens is 662 g/mol. The number of aromatic amines is 1. The van der Waals surface area contributed by atoms with E-state index in [-0.39, 0.29) is 35.6 Å². The van der Waals surface area contributed by atoms with E-state index in [0.29, 0.717) is 41.8 Å². The molecule has 0 radical (unpaired) electrons. The van der Waals surface area contributed by atoms with Crippen LogP contribution in [-0.2, 0) is 22.0 Å². The van der Waals surface area contributed by atoms with E-state index in [1.54, 1.807) is 18.4 Å². The molecule has 2 aliphatic rings. The van der Waals surface area contributed by atoms with Crippen LogP contribution >= 0.6 is 0 Å². The van der Waals surface area contributed by atoms with Crippen LogP contribution in [0.1, 0.15) is 56.2 Å². The second-order valence-corrected chi connectivity index (χ2v) is 14.7. The van der Waals surface area contributed by atoms with Crippen molar-refractivity contribution in [3.05, 3.63) is 88.4 Å². The van der Waals surface area contributed by atoms with E-state index in [2.05, 4.69) is 20.4 Å². The predicted molar refractivity (Wildman–Crippen MR) is 174 cm³/mol. The molecule has 0 atom stereocenters. The summed E-state index contributed by atoms with van der Waals surface area (Å²) in [7, 11) is -2.41. The Labute approximate surface area is 280 Å².